The van der Waals surface area contributed by atoms with Gasteiger partial charge in [0.05, 0.1) is 7.11 Å². The Kier molecular flexibility index (Phi) is 6.54. The fourth-order valence-electron chi connectivity index (χ4n) is 3.48. The van der Waals surface area contributed by atoms with Gasteiger partial charge in [0, 0.05) is 54.0 Å². The molecule has 1 aromatic heterocycles. The van der Waals surface area contributed by atoms with E-state index < -0.39 is 0 Å². The number of nitrogens with one attached hydrogen (secondary N) is 1. The second-order valence-electron chi connectivity index (χ2n) is 7.08. The number of para-hydroxylation sites is 1. The summed E-state index contributed by atoms with van der Waals surface area (Å²) in [7, 11) is 1.63. The van der Waals surface area contributed by atoms with Gasteiger partial charge in [0.25, 0.3) is 5.91 Å². The molecule has 0 spiro atoms. The lowest BCUT2D eigenvalue weighted by molar-refractivity contribution is 0.0950. The molecule has 0 atom stereocenters. The van der Waals surface area contributed by atoms with E-state index >= 15 is 0 Å². The normalized spacial score (nSPS) is 13.7. The first-order valence-corrected chi connectivity index (χ1v) is 11.2. The molecular formula is C24H25N3O2S. The third kappa shape index (κ3) is 4.76. The summed E-state index contributed by atoms with van der Waals surface area (Å²) in [6.45, 7) is 2.52. The van der Waals surface area contributed by atoms with Crippen LogP contribution in [0.25, 0.3) is 11.1 Å². The zero-order chi connectivity index (χ0) is 20.8. The van der Waals surface area contributed by atoms with Crippen LogP contribution < -0.4 is 15.0 Å². The number of amides is 1. The van der Waals surface area contributed by atoms with Crippen molar-refractivity contribution in [3.05, 3.63) is 78.0 Å². The van der Waals surface area contributed by atoms with E-state index in [0.717, 1.165) is 52.9 Å². The maximum absolute atomic E-state index is 12.5. The molecule has 1 fully saturated rings. The van der Waals surface area contributed by atoms with Gasteiger partial charge in [-0.1, -0.05) is 30.3 Å². The Bertz CT molecular complexity index is 984. The largest absolute Gasteiger partial charge is 0.496 e. The lowest BCUT2D eigenvalue weighted by Crippen LogP contribution is -2.32. The first-order valence-electron chi connectivity index (χ1n) is 10.0. The van der Waals surface area contributed by atoms with Crippen LogP contribution in [-0.4, -0.2) is 42.6 Å². The third-order valence-corrected chi connectivity index (χ3v) is 6.14. The lowest BCUT2D eigenvalue weighted by Gasteiger charge is -2.27. The quantitative estimate of drug-likeness (QED) is 0.648. The Morgan fingerprint density at radius 3 is 2.47 bits per heavy atom. The summed E-state index contributed by atoms with van der Waals surface area (Å²) in [5.41, 5.74) is 3.67. The van der Waals surface area contributed by atoms with Gasteiger partial charge in [-0.15, -0.1) is 0 Å². The van der Waals surface area contributed by atoms with Gasteiger partial charge < -0.3 is 15.0 Å². The smallest absolute Gasteiger partial charge is 0.251 e. The number of carbonyl (C=O) groups excluding carboxylic acids is 1. The number of carbonyl (C=O) groups is 1. The Balaban J connectivity index is 1.39. The standard InChI is InChI=1S/C24H25N3O2S/c1-29-22-5-3-2-4-21(22)17-26-24(28)19-8-6-18(7-9-19)20-10-11-23(25-16-20)27-12-14-30-15-13-27/h2-11,16H,12-15,17H2,1H3,(H,26,28). The molecule has 1 amide bonds. The van der Waals surface area contributed by atoms with E-state index in [1.165, 1.54) is 0 Å². The number of ether oxygens (including phenoxy) is 1. The van der Waals surface area contributed by atoms with E-state index in [1.807, 2.05) is 66.5 Å². The fourth-order valence-corrected chi connectivity index (χ4v) is 4.38. The molecule has 0 unspecified atom stereocenters. The molecular weight excluding hydrogens is 394 g/mol. The van der Waals surface area contributed by atoms with Crippen molar-refractivity contribution in [2.75, 3.05) is 36.6 Å². The van der Waals surface area contributed by atoms with E-state index in [4.69, 9.17) is 4.74 Å². The number of benzene rings is 2. The average Bonchev–Trinajstić information content (AvgIpc) is 2.83. The second-order valence-corrected chi connectivity index (χ2v) is 8.30. The second kappa shape index (κ2) is 9.67. The Hall–Kier alpha value is -2.99. The molecule has 1 aliphatic heterocycles. The number of aromatic nitrogens is 1. The van der Waals surface area contributed by atoms with Crippen LogP contribution >= 0.6 is 11.8 Å². The summed E-state index contributed by atoms with van der Waals surface area (Å²) in [6.07, 6.45) is 1.91. The predicted octanol–water partition coefficient (Wildman–Crippen LogP) is 4.24. The number of anilines is 1. The van der Waals surface area contributed by atoms with Crippen molar-refractivity contribution in [2.45, 2.75) is 6.54 Å². The van der Waals surface area contributed by atoms with Gasteiger partial charge in [-0.25, -0.2) is 4.98 Å². The number of pyridine rings is 1. The molecule has 0 saturated carbocycles. The molecule has 154 valence electrons. The first kappa shape index (κ1) is 20.3. The predicted molar refractivity (Wildman–Crippen MR) is 123 cm³/mol. The van der Waals surface area contributed by atoms with Crippen molar-refractivity contribution in [3.8, 4) is 16.9 Å². The van der Waals surface area contributed by atoms with Crippen LogP contribution in [0.4, 0.5) is 5.82 Å². The van der Waals surface area contributed by atoms with E-state index in [9.17, 15) is 4.79 Å². The average molecular weight is 420 g/mol. The summed E-state index contributed by atoms with van der Waals surface area (Å²) in [5.74, 6) is 4.01. The lowest BCUT2D eigenvalue weighted by atomic mass is 10.1. The van der Waals surface area contributed by atoms with Gasteiger partial charge in [-0.2, -0.15) is 11.8 Å². The maximum Gasteiger partial charge on any atom is 0.251 e. The molecule has 0 bridgehead atoms. The van der Waals surface area contributed by atoms with Crippen molar-refractivity contribution in [1.82, 2.24) is 10.3 Å². The number of thioether (sulfide) groups is 1. The van der Waals surface area contributed by atoms with E-state index in [0.29, 0.717) is 12.1 Å². The van der Waals surface area contributed by atoms with Crippen LogP contribution in [0.3, 0.4) is 0 Å². The minimum absolute atomic E-state index is 0.108. The van der Waals surface area contributed by atoms with E-state index in [2.05, 4.69) is 27.3 Å². The highest BCUT2D eigenvalue weighted by atomic mass is 32.2. The molecule has 5 nitrogen and oxygen atoms in total. The minimum Gasteiger partial charge on any atom is -0.496 e. The zero-order valence-corrected chi connectivity index (χ0v) is 17.8. The number of rotatable bonds is 6. The van der Waals surface area contributed by atoms with E-state index in [-0.39, 0.29) is 5.91 Å². The molecule has 30 heavy (non-hydrogen) atoms. The topological polar surface area (TPSA) is 54.5 Å². The first-order chi connectivity index (χ1) is 14.7. The van der Waals surface area contributed by atoms with Gasteiger partial charge in [-0.05, 0) is 35.9 Å². The highest BCUT2D eigenvalue weighted by Gasteiger charge is 2.12. The van der Waals surface area contributed by atoms with Crippen LogP contribution in [-0.2, 0) is 6.54 Å². The van der Waals surface area contributed by atoms with Crippen molar-refractivity contribution in [1.29, 1.82) is 0 Å². The van der Waals surface area contributed by atoms with Crippen LogP contribution in [0.15, 0.2) is 66.9 Å². The van der Waals surface area contributed by atoms with Crippen LogP contribution in [0, 0.1) is 0 Å². The highest BCUT2D eigenvalue weighted by molar-refractivity contribution is 7.99. The van der Waals surface area contributed by atoms with Gasteiger partial charge in [-0.3, -0.25) is 4.79 Å². The molecule has 1 aliphatic rings. The monoisotopic (exact) mass is 419 g/mol. The van der Waals surface area contributed by atoms with Crippen molar-refractivity contribution in [2.24, 2.45) is 0 Å². The Morgan fingerprint density at radius 1 is 1.03 bits per heavy atom. The van der Waals surface area contributed by atoms with Crippen molar-refractivity contribution >= 4 is 23.5 Å². The van der Waals surface area contributed by atoms with Crippen LogP contribution in [0.5, 0.6) is 5.75 Å². The summed E-state index contributed by atoms with van der Waals surface area (Å²) >= 11 is 1.99. The number of hydrogen-bond acceptors (Lipinski definition) is 5. The third-order valence-electron chi connectivity index (χ3n) is 5.20. The molecule has 4 rings (SSSR count). The fraction of sp³-hybridized carbons (Fsp3) is 0.250. The van der Waals surface area contributed by atoms with E-state index in [1.54, 1.807) is 7.11 Å². The zero-order valence-electron chi connectivity index (χ0n) is 17.0. The van der Waals surface area contributed by atoms with Crippen molar-refractivity contribution in [3.63, 3.8) is 0 Å². The van der Waals surface area contributed by atoms with Crippen LogP contribution in [0.1, 0.15) is 15.9 Å². The number of hydrogen-bond donors (Lipinski definition) is 1. The Morgan fingerprint density at radius 2 is 1.77 bits per heavy atom. The Labute approximate surface area is 181 Å². The van der Waals surface area contributed by atoms with Crippen LogP contribution in [0.2, 0.25) is 0 Å². The molecule has 2 heterocycles. The maximum atomic E-state index is 12.5. The molecule has 1 N–H and O–H groups in total. The molecule has 0 radical (unpaired) electrons. The molecule has 1 saturated heterocycles. The summed E-state index contributed by atoms with van der Waals surface area (Å²) < 4.78 is 5.33. The van der Waals surface area contributed by atoms with Gasteiger partial charge in [0.1, 0.15) is 11.6 Å². The molecule has 0 aliphatic carbocycles. The SMILES string of the molecule is COc1ccccc1CNC(=O)c1ccc(-c2ccc(N3CCSCC3)nc2)cc1. The summed E-state index contributed by atoms with van der Waals surface area (Å²) in [6, 6.07) is 19.5. The molecule has 3 aromatic rings. The molecule has 2 aromatic carbocycles. The molecule has 6 heteroatoms. The van der Waals surface area contributed by atoms with Crippen molar-refractivity contribution < 1.29 is 9.53 Å². The highest BCUT2D eigenvalue weighted by Crippen LogP contribution is 2.23. The summed E-state index contributed by atoms with van der Waals surface area (Å²) in [5, 5.41) is 2.95. The minimum atomic E-state index is -0.108. The number of nitrogens with zero attached hydrogens (tertiary/aromatic N) is 2. The summed E-state index contributed by atoms with van der Waals surface area (Å²) in [4.78, 5) is 19.5. The van der Waals surface area contributed by atoms with Gasteiger partial charge in [0.15, 0.2) is 0 Å². The van der Waals surface area contributed by atoms with Gasteiger partial charge >= 0.3 is 0 Å². The van der Waals surface area contributed by atoms with Gasteiger partial charge in [0.2, 0.25) is 0 Å². The number of methoxy groups -OCH3 is 1.